The van der Waals surface area contributed by atoms with Gasteiger partial charge >= 0.3 is 0 Å². The van der Waals surface area contributed by atoms with Crippen molar-refractivity contribution in [1.82, 2.24) is 4.90 Å². The molecule has 3 heteroatoms. The van der Waals surface area contributed by atoms with Crippen molar-refractivity contribution in [3.05, 3.63) is 48.6 Å². The highest BCUT2D eigenvalue weighted by atomic mass is 16.7. The summed E-state index contributed by atoms with van der Waals surface area (Å²) >= 11 is 0. The average Bonchev–Trinajstić information content (AvgIpc) is 3.10. The second-order valence-electron chi connectivity index (χ2n) is 15.3. The summed E-state index contributed by atoms with van der Waals surface area (Å²) in [5.41, 5.74) is 0. The molecule has 1 fully saturated rings. The van der Waals surface area contributed by atoms with E-state index in [1.165, 1.54) is 167 Å². The van der Waals surface area contributed by atoms with Crippen LogP contribution in [0.5, 0.6) is 0 Å². The van der Waals surface area contributed by atoms with E-state index in [1.807, 2.05) is 0 Å². The third-order valence-corrected chi connectivity index (χ3v) is 10.3. The molecule has 0 aliphatic heterocycles. The zero-order valence-corrected chi connectivity index (χ0v) is 33.6. The molecule has 0 radical (unpaired) electrons. The van der Waals surface area contributed by atoms with Gasteiger partial charge in [0.2, 0.25) is 0 Å². The Kier molecular flexibility index (Phi) is 33.0. The highest BCUT2D eigenvalue weighted by Crippen LogP contribution is 2.38. The topological polar surface area (TPSA) is 21.7 Å². The Morgan fingerprint density at radius 1 is 0.490 bits per heavy atom. The van der Waals surface area contributed by atoms with E-state index in [4.69, 9.17) is 9.47 Å². The van der Waals surface area contributed by atoms with Crippen molar-refractivity contribution in [1.29, 1.82) is 0 Å². The number of nitrogens with zero attached hydrogens (tertiary/aromatic N) is 1. The van der Waals surface area contributed by atoms with Crippen LogP contribution in [0.1, 0.15) is 200 Å². The largest absolute Gasteiger partial charge is 0.350 e. The molecule has 0 saturated heterocycles. The molecule has 0 bridgehead atoms. The Bertz CT molecular complexity index is 789. The standard InChI is InChI=1S/C46H85NO2/c1-5-7-9-11-13-15-17-19-21-22-24-26-28-30-32-34-36-44-49-46(40-37-45(38-41-46)39-42-47(3)4)48-43-35-33-31-29-27-25-23-20-18-16-14-12-10-8-6-2/h13-16,19-21,23,45H,5-12,17-18,22,24-44H2,1-4H3/b15-13-,16-14-,21-19-,23-20-. The molecule has 0 aromatic carbocycles. The lowest BCUT2D eigenvalue weighted by Crippen LogP contribution is -2.41. The lowest BCUT2D eigenvalue weighted by Gasteiger charge is -2.40. The molecule has 3 nitrogen and oxygen atoms in total. The van der Waals surface area contributed by atoms with E-state index in [-0.39, 0.29) is 5.79 Å². The molecule has 0 aromatic heterocycles. The van der Waals surface area contributed by atoms with Crippen LogP contribution in [0.2, 0.25) is 0 Å². The molecule has 0 aromatic rings. The van der Waals surface area contributed by atoms with E-state index >= 15 is 0 Å². The van der Waals surface area contributed by atoms with Gasteiger partial charge in [0.1, 0.15) is 0 Å². The van der Waals surface area contributed by atoms with Crippen LogP contribution in [0.15, 0.2) is 48.6 Å². The summed E-state index contributed by atoms with van der Waals surface area (Å²) in [6.07, 6.45) is 55.6. The van der Waals surface area contributed by atoms with Crippen molar-refractivity contribution in [2.24, 2.45) is 5.92 Å². The Morgan fingerprint density at radius 2 is 0.857 bits per heavy atom. The van der Waals surface area contributed by atoms with Crippen LogP contribution in [-0.4, -0.2) is 44.5 Å². The van der Waals surface area contributed by atoms with Gasteiger partial charge in [-0.1, -0.05) is 140 Å². The molecule has 1 saturated carbocycles. The van der Waals surface area contributed by atoms with E-state index in [1.54, 1.807) is 0 Å². The van der Waals surface area contributed by atoms with Crippen LogP contribution in [0.25, 0.3) is 0 Å². The Morgan fingerprint density at radius 3 is 1.24 bits per heavy atom. The van der Waals surface area contributed by atoms with E-state index in [0.717, 1.165) is 44.8 Å². The molecule has 1 rings (SSSR count). The number of unbranched alkanes of at least 4 members (excludes halogenated alkanes) is 18. The van der Waals surface area contributed by atoms with Gasteiger partial charge in [-0.15, -0.1) is 0 Å². The first-order valence-corrected chi connectivity index (χ1v) is 21.6. The highest BCUT2D eigenvalue weighted by molar-refractivity contribution is 4.93. The van der Waals surface area contributed by atoms with Gasteiger partial charge in [0.25, 0.3) is 0 Å². The van der Waals surface area contributed by atoms with E-state index < -0.39 is 0 Å². The van der Waals surface area contributed by atoms with Crippen molar-refractivity contribution < 1.29 is 9.47 Å². The number of ether oxygens (including phenoxy) is 2. The predicted octanol–water partition coefficient (Wildman–Crippen LogP) is 14.5. The average molecular weight is 684 g/mol. The first-order valence-electron chi connectivity index (χ1n) is 21.6. The molecule has 286 valence electrons. The van der Waals surface area contributed by atoms with Crippen molar-refractivity contribution >= 4 is 0 Å². The number of hydrogen-bond acceptors (Lipinski definition) is 3. The van der Waals surface area contributed by atoms with Crippen LogP contribution < -0.4 is 0 Å². The fourth-order valence-corrected chi connectivity index (χ4v) is 6.87. The summed E-state index contributed by atoms with van der Waals surface area (Å²) in [5.74, 6) is 0.508. The molecule has 0 amide bonds. The van der Waals surface area contributed by atoms with Gasteiger partial charge in [-0.3, -0.25) is 0 Å². The summed E-state index contributed by atoms with van der Waals surface area (Å²) < 4.78 is 13.3. The zero-order chi connectivity index (χ0) is 35.4. The SMILES string of the molecule is CCCCC/C=C\C/C=C\CCCCCCCCCOC1(OCCCCCCC/C=C\C/C=C\CCCCC)CCC(CCN(C)C)CC1. The van der Waals surface area contributed by atoms with Crippen LogP contribution in [0, 0.1) is 5.92 Å². The Labute approximate surface area is 307 Å². The summed E-state index contributed by atoms with van der Waals surface area (Å²) in [5, 5.41) is 0. The molecule has 0 atom stereocenters. The van der Waals surface area contributed by atoms with Crippen LogP contribution in [0.3, 0.4) is 0 Å². The minimum absolute atomic E-state index is 0.317. The molecule has 0 unspecified atom stereocenters. The number of hydrogen-bond donors (Lipinski definition) is 0. The second kappa shape index (κ2) is 35.3. The summed E-state index contributed by atoms with van der Waals surface area (Å²) in [7, 11) is 4.39. The van der Waals surface area contributed by atoms with Crippen molar-refractivity contribution in [3.63, 3.8) is 0 Å². The fraction of sp³-hybridized carbons (Fsp3) is 0.826. The Balaban J connectivity index is 2.16. The van der Waals surface area contributed by atoms with Gasteiger partial charge < -0.3 is 14.4 Å². The molecular formula is C46H85NO2. The van der Waals surface area contributed by atoms with E-state index in [0.29, 0.717) is 0 Å². The van der Waals surface area contributed by atoms with Gasteiger partial charge in [0.05, 0.1) is 13.2 Å². The Hall–Kier alpha value is -1.16. The summed E-state index contributed by atoms with van der Waals surface area (Å²) in [6.45, 7) is 7.46. The monoisotopic (exact) mass is 684 g/mol. The fourth-order valence-electron chi connectivity index (χ4n) is 6.87. The van der Waals surface area contributed by atoms with E-state index in [2.05, 4.69) is 81.5 Å². The minimum Gasteiger partial charge on any atom is -0.350 e. The number of rotatable bonds is 35. The maximum Gasteiger partial charge on any atom is 0.168 e. The predicted molar refractivity (Wildman–Crippen MR) is 218 cm³/mol. The number of allylic oxidation sites excluding steroid dienone is 8. The maximum absolute atomic E-state index is 6.64. The molecule has 1 aliphatic rings. The second-order valence-corrected chi connectivity index (χ2v) is 15.3. The lowest BCUT2D eigenvalue weighted by molar-refractivity contribution is -0.257. The first kappa shape index (κ1) is 45.9. The van der Waals surface area contributed by atoms with Crippen molar-refractivity contribution in [2.75, 3.05) is 33.9 Å². The normalized spacial score (nSPS) is 18.8. The first-order chi connectivity index (χ1) is 24.1. The van der Waals surface area contributed by atoms with Gasteiger partial charge in [-0.25, -0.2) is 0 Å². The molecule has 0 spiro atoms. The van der Waals surface area contributed by atoms with E-state index in [9.17, 15) is 0 Å². The van der Waals surface area contributed by atoms with Crippen molar-refractivity contribution in [3.8, 4) is 0 Å². The van der Waals surface area contributed by atoms with Crippen LogP contribution in [0.4, 0.5) is 0 Å². The lowest BCUT2D eigenvalue weighted by atomic mass is 9.83. The highest BCUT2D eigenvalue weighted by Gasteiger charge is 2.37. The zero-order valence-electron chi connectivity index (χ0n) is 33.6. The van der Waals surface area contributed by atoms with Gasteiger partial charge in [-0.2, -0.15) is 0 Å². The van der Waals surface area contributed by atoms with Gasteiger partial charge in [0, 0.05) is 12.8 Å². The quantitative estimate of drug-likeness (QED) is 0.0377. The molecular weight excluding hydrogens is 599 g/mol. The molecule has 1 aliphatic carbocycles. The molecule has 0 heterocycles. The molecule has 0 N–H and O–H groups in total. The van der Waals surface area contributed by atoms with Crippen LogP contribution >= 0.6 is 0 Å². The van der Waals surface area contributed by atoms with Crippen LogP contribution in [-0.2, 0) is 9.47 Å². The third kappa shape index (κ3) is 30.2. The third-order valence-electron chi connectivity index (χ3n) is 10.3. The molecule has 49 heavy (non-hydrogen) atoms. The van der Waals surface area contributed by atoms with Gasteiger partial charge in [0.15, 0.2) is 5.79 Å². The summed E-state index contributed by atoms with van der Waals surface area (Å²) in [6, 6.07) is 0. The smallest absolute Gasteiger partial charge is 0.168 e. The maximum atomic E-state index is 6.64. The van der Waals surface area contributed by atoms with Gasteiger partial charge in [-0.05, 0) is 123 Å². The minimum atomic E-state index is -0.317. The van der Waals surface area contributed by atoms with Crippen molar-refractivity contribution in [2.45, 2.75) is 206 Å². The summed E-state index contributed by atoms with van der Waals surface area (Å²) in [4.78, 5) is 2.33.